The molecular formula is C19H26BN4O2. The minimum Gasteiger partial charge on any atom is -0.427 e. The van der Waals surface area contributed by atoms with Gasteiger partial charge in [-0.1, -0.05) is 29.7 Å². The second kappa shape index (κ2) is 7.14. The summed E-state index contributed by atoms with van der Waals surface area (Å²) in [5.41, 5.74) is 6.95. The van der Waals surface area contributed by atoms with E-state index in [1.165, 1.54) is 0 Å². The lowest BCUT2D eigenvalue weighted by atomic mass is 9.82. The topological polar surface area (TPSA) is 97.1 Å². The van der Waals surface area contributed by atoms with Gasteiger partial charge in [0.25, 0.3) is 0 Å². The Labute approximate surface area is 155 Å². The Hall–Kier alpha value is -2.30. The van der Waals surface area contributed by atoms with Gasteiger partial charge in [-0.15, -0.1) is 0 Å². The van der Waals surface area contributed by atoms with Gasteiger partial charge in [0.1, 0.15) is 23.1 Å². The highest BCUT2D eigenvalue weighted by molar-refractivity contribution is 6.47. The van der Waals surface area contributed by atoms with E-state index in [0.29, 0.717) is 17.1 Å². The average molecular weight is 353 g/mol. The van der Waals surface area contributed by atoms with Crippen molar-refractivity contribution in [2.45, 2.75) is 58.8 Å². The Balaban J connectivity index is 2.23. The minimum absolute atomic E-state index is 0.0703. The monoisotopic (exact) mass is 353 g/mol. The summed E-state index contributed by atoms with van der Waals surface area (Å²) >= 11 is 0. The molecule has 1 radical (unpaired) electrons. The highest BCUT2D eigenvalue weighted by atomic mass is 16.5. The number of nitriles is 1. The SMILES string of the molecule is CC(C)n1nc(-c2ccc([B]OC(C)(C)C(C)(C)O)cc2)c(C#N)c1N. The van der Waals surface area contributed by atoms with Gasteiger partial charge in [0.15, 0.2) is 0 Å². The molecule has 2 rings (SSSR count). The molecule has 0 atom stereocenters. The molecule has 0 spiro atoms. The molecule has 0 saturated heterocycles. The molecule has 0 bridgehead atoms. The average Bonchev–Trinajstić information content (AvgIpc) is 2.89. The maximum Gasteiger partial charge on any atom is 0.330 e. The van der Waals surface area contributed by atoms with Crippen LogP contribution in [0, 0.1) is 11.3 Å². The first-order valence-electron chi connectivity index (χ1n) is 8.60. The third-order valence-electron chi connectivity index (χ3n) is 4.70. The number of benzene rings is 1. The molecule has 0 aliphatic rings. The predicted molar refractivity (Wildman–Crippen MR) is 104 cm³/mol. The summed E-state index contributed by atoms with van der Waals surface area (Å²) in [6.45, 7) is 11.0. The molecule has 26 heavy (non-hydrogen) atoms. The Morgan fingerprint density at radius 1 is 1.23 bits per heavy atom. The Morgan fingerprint density at radius 3 is 2.27 bits per heavy atom. The third-order valence-corrected chi connectivity index (χ3v) is 4.70. The fraction of sp³-hybridized carbons (Fsp3) is 0.474. The summed E-state index contributed by atoms with van der Waals surface area (Å²) in [7, 11) is 1.62. The van der Waals surface area contributed by atoms with Crippen molar-refractivity contribution in [1.29, 1.82) is 5.26 Å². The van der Waals surface area contributed by atoms with Gasteiger partial charge in [-0.2, -0.15) is 10.4 Å². The second-order valence-electron chi connectivity index (χ2n) is 7.69. The van der Waals surface area contributed by atoms with E-state index in [9.17, 15) is 10.4 Å². The largest absolute Gasteiger partial charge is 0.427 e. The zero-order valence-corrected chi connectivity index (χ0v) is 16.2. The highest BCUT2D eigenvalue weighted by Gasteiger charge is 2.35. The number of hydrogen-bond donors (Lipinski definition) is 2. The summed E-state index contributed by atoms with van der Waals surface area (Å²) in [5, 5.41) is 24.1. The fourth-order valence-electron chi connectivity index (χ4n) is 2.23. The first-order valence-corrected chi connectivity index (χ1v) is 8.60. The van der Waals surface area contributed by atoms with Crippen molar-refractivity contribution in [1.82, 2.24) is 9.78 Å². The van der Waals surface area contributed by atoms with E-state index in [1.54, 1.807) is 26.0 Å². The van der Waals surface area contributed by atoms with Crippen LogP contribution in [0.25, 0.3) is 11.3 Å². The van der Waals surface area contributed by atoms with Crippen molar-refractivity contribution in [2.24, 2.45) is 0 Å². The van der Waals surface area contributed by atoms with Crippen LogP contribution in [0.4, 0.5) is 5.82 Å². The molecule has 2 aromatic rings. The van der Waals surface area contributed by atoms with E-state index in [2.05, 4.69) is 11.2 Å². The number of anilines is 1. The molecule has 0 unspecified atom stereocenters. The smallest absolute Gasteiger partial charge is 0.330 e. The van der Waals surface area contributed by atoms with Crippen LogP contribution in [-0.4, -0.2) is 33.6 Å². The number of nitrogen functional groups attached to an aromatic ring is 1. The van der Waals surface area contributed by atoms with Gasteiger partial charge >= 0.3 is 7.48 Å². The molecule has 3 N–H and O–H groups in total. The normalized spacial score (nSPS) is 12.3. The van der Waals surface area contributed by atoms with Crippen LogP contribution in [0.3, 0.4) is 0 Å². The van der Waals surface area contributed by atoms with E-state index in [-0.39, 0.29) is 6.04 Å². The molecule has 1 aromatic carbocycles. The molecule has 137 valence electrons. The van der Waals surface area contributed by atoms with E-state index < -0.39 is 11.2 Å². The molecule has 6 nitrogen and oxygen atoms in total. The maximum atomic E-state index is 10.1. The van der Waals surface area contributed by atoms with E-state index >= 15 is 0 Å². The van der Waals surface area contributed by atoms with Crippen LogP contribution >= 0.6 is 0 Å². The van der Waals surface area contributed by atoms with Crippen LogP contribution in [0.5, 0.6) is 0 Å². The van der Waals surface area contributed by atoms with Crippen LogP contribution in [0.15, 0.2) is 24.3 Å². The summed E-state index contributed by atoms with van der Waals surface area (Å²) in [5.74, 6) is 0.378. The Morgan fingerprint density at radius 2 is 1.81 bits per heavy atom. The minimum atomic E-state index is -0.980. The number of aromatic nitrogens is 2. The van der Waals surface area contributed by atoms with Crippen molar-refractivity contribution in [3.05, 3.63) is 29.8 Å². The zero-order chi connectivity index (χ0) is 19.7. The zero-order valence-electron chi connectivity index (χ0n) is 16.2. The van der Waals surface area contributed by atoms with Gasteiger partial charge in [-0.3, -0.25) is 0 Å². The van der Waals surface area contributed by atoms with Gasteiger partial charge in [-0.05, 0) is 41.5 Å². The standard InChI is InChI=1S/C19H26BN4O2/c1-12(2)24-17(22)15(11-21)16(23-24)13-7-9-14(10-8-13)20-26-19(5,6)18(3,4)25/h7-10,12,25H,22H2,1-6H3. The lowest BCUT2D eigenvalue weighted by molar-refractivity contribution is -0.0893. The molecular weight excluding hydrogens is 327 g/mol. The van der Waals surface area contributed by atoms with Crippen LogP contribution in [-0.2, 0) is 4.65 Å². The summed E-state index contributed by atoms with van der Waals surface area (Å²) in [6, 6.07) is 9.72. The third kappa shape index (κ3) is 3.92. The van der Waals surface area contributed by atoms with Gasteiger partial charge in [-0.25, -0.2) is 4.68 Å². The van der Waals surface area contributed by atoms with Crippen molar-refractivity contribution in [2.75, 3.05) is 5.73 Å². The lowest BCUT2D eigenvalue weighted by Crippen LogP contribution is -2.49. The molecule has 1 aromatic heterocycles. The first kappa shape index (κ1) is 20.0. The lowest BCUT2D eigenvalue weighted by Gasteiger charge is -2.37. The van der Waals surface area contributed by atoms with Crippen LogP contribution < -0.4 is 11.2 Å². The van der Waals surface area contributed by atoms with Crippen LogP contribution in [0.1, 0.15) is 53.1 Å². The summed E-state index contributed by atoms with van der Waals surface area (Å²) in [4.78, 5) is 0. The van der Waals surface area contributed by atoms with Crippen LogP contribution in [0.2, 0.25) is 0 Å². The van der Waals surface area contributed by atoms with Gasteiger partial charge in [0.05, 0.1) is 11.2 Å². The van der Waals surface area contributed by atoms with Crippen molar-refractivity contribution >= 4 is 18.8 Å². The predicted octanol–water partition coefficient (Wildman–Crippen LogP) is 2.40. The number of aliphatic hydroxyl groups is 1. The number of hydrogen-bond acceptors (Lipinski definition) is 5. The summed E-state index contributed by atoms with van der Waals surface area (Å²) < 4.78 is 7.41. The molecule has 0 aliphatic carbocycles. The van der Waals surface area contributed by atoms with E-state index in [1.807, 2.05) is 52.0 Å². The van der Waals surface area contributed by atoms with E-state index in [4.69, 9.17) is 10.4 Å². The van der Waals surface area contributed by atoms with Gasteiger partial charge < -0.3 is 15.5 Å². The fourth-order valence-corrected chi connectivity index (χ4v) is 2.23. The highest BCUT2D eigenvalue weighted by Crippen LogP contribution is 2.28. The molecule has 1 heterocycles. The molecule has 0 amide bonds. The number of nitrogens with two attached hydrogens (primary N) is 1. The van der Waals surface area contributed by atoms with E-state index in [0.717, 1.165) is 11.0 Å². The van der Waals surface area contributed by atoms with Gasteiger partial charge in [0, 0.05) is 11.6 Å². The van der Waals surface area contributed by atoms with Crippen molar-refractivity contribution < 1.29 is 9.76 Å². The Kier molecular flexibility index (Phi) is 5.50. The quantitative estimate of drug-likeness (QED) is 0.778. The molecule has 0 fully saturated rings. The van der Waals surface area contributed by atoms with Gasteiger partial charge in [0.2, 0.25) is 0 Å². The molecule has 0 aliphatic heterocycles. The molecule has 7 heteroatoms. The summed E-state index contributed by atoms with van der Waals surface area (Å²) in [6.07, 6.45) is 0. The number of rotatable bonds is 6. The Bertz CT molecular complexity index is 812. The second-order valence-corrected chi connectivity index (χ2v) is 7.69. The molecule has 0 saturated carbocycles. The maximum absolute atomic E-state index is 10.1. The van der Waals surface area contributed by atoms with Crippen molar-refractivity contribution in [3.63, 3.8) is 0 Å². The first-order chi connectivity index (χ1) is 12.0. The van der Waals surface area contributed by atoms with Crippen molar-refractivity contribution in [3.8, 4) is 17.3 Å². The number of nitrogens with zero attached hydrogens (tertiary/aromatic N) is 3.